The Bertz CT molecular complexity index is 981. The third kappa shape index (κ3) is 31.1. The Balaban J connectivity index is -0.000000172. The molecular formula is C37H65Br3ClFN2O3. The number of benzene rings is 2. The number of halogens is 5. The first-order valence-electron chi connectivity index (χ1n) is 16.3. The Morgan fingerprint density at radius 3 is 1.72 bits per heavy atom. The largest absolute Gasteiger partial charge is 0.393 e. The number of nitrogens with zero attached hydrogens (tertiary/aromatic N) is 2. The van der Waals surface area contributed by atoms with Gasteiger partial charge in [0.05, 0.1) is 16.5 Å². The van der Waals surface area contributed by atoms with E-state index in [1.165, 1.54) is 19.4 Å². The van der Waals surface area contributed by atoms with Crippen LogP contribution in [-0.2, 0) is 16.0 Å². The van der Waals surface area contributed by atoms with Gasteiger partial charge < -0.3 is 14.9 Å². The zero-order valence-electron chi connectivity index (χ0n) is 31.6. The zero-order chi connectivity index (χ0) is 38.1. The molecule has 0 aromatic heterocycles. The monoisotopic (exact) mass is 876 g/mol. The molecule has 3 rings (SSSR count). The SMILES string of the molecule is CBr.CC.CC.CC.CC(=O)C(CN(C)C(C)C)c1ccc(Br)cc1.CC(=O)Cc1ccc(Br)c(F)c1.CCl.CN1CCC(O)CC1. The molecule has 0 aliphatic carbocycles. The van der Waals surface area contributed by atoms with E-state index in [9.17, 15) is 14.0 Å². The Morgan fingerprint density at radius 1 is 0.936 bits per heavy atom. The van der Waals surface area contributed by atoms with Gasteiger partial charge in [-0.3, -0.25) is 9.59 Å². The van der Waals surface area contributed by atoms with Crippen molar-refractivity contribution in [1.82, 2.24) is 9.80 Å². The summed E-state index contributed by atoms with van der Waals surface area (Å²) in [6, 6.07) is 13.2. The lowest BCUT2D eigenvalue weighted by atomic mass is 9.94. The van der Waals surface area contributed by atoms with Gasteiger partial charge >= 0.3 is 0 Å². The zero-order valence-corrected chi connectivity index (χ0v) is 37.1. The number of likely N-dealkylation sites (N-methyl/N-ethyl adjacent to an activating group) is 1. The van der Waals surface area contributed by atoms with Gasteiger partial charge in [0.1, 0.15) is 17.4 Å². The second-order valence-electron chi connectivity index (χ2n) is 9.91. The lowest BCUT2D eigenvalue weighted by Crippen LogP contribution is -2.33. The maximum absolute atomic E-state index is 12.9. The van der Waals surface area contributed by atoms with Crippen molar-refractivity contribution in [3.05, 3.63) is 68.4 Å². The number of alkyl halides is 2. The summed E-state index contributed by atoms with van der Waals surface area (Å²) < 4.78 is 14.3. The molecule has 0 radical (unpaired) electrons. The molecule has 1 saturated heterocycles. The predicted molar refractivity (Wildman–Crippen MR) is 217 cm³/mol. The fourth-order valence-electron chi connectivity index (χ4n) is 3.59. The number of carbonyl (C=O) groups is 2. The number of Topliss-reactive ketones (excluding diaryl/α,β-unsaturated/α-hetero) is 2. The average Bonchev–Trinajstić information content (AvgIpc) is 3.08. The first-order valence-corrected chi connectivity index (χ1v) is 20.2. The number of hydrogen-bond donors (Lipinski definition) is 1. The molecule has 1 heterocycles. The van der Waals surface area contributed by atoms with Crippen molar-refractivity contribution in [3.63, 3.8) is 0 Å². The fourth-order valence-corrected chi connectivity index (χ4v) is 4.11. The van der Waals surface area contributed by atoms with Gasteiger partial charge in [-0.1, -0.05) is 91.6 Å². The van der Waals surface area contributed by atoms with Gasteiger partial charge in [0, 0.05) is 43.0 Å². The minimum atomic E-state index is -0.325. The Morgan fingerprint density at radius 2 is 1.38 bits per heavy atom. The van der Waals surface area contributed by atoms with Crippen LogP contribution in [0, 0.1) is 5.82 Å². The molecule has 0 amide bonds. The van der Waals surface area contributed by atoms with Crippen LogP contribution in [0.3, 0.4) is 0 Å². The van der Waals surface area contributed by atoms with E-state index in [1.54, 1.807) is 19.1 Å². The molecule has 276 valence electrons. The summed E-state index contributed by atoms with van der Waals surface area (Å²) in [5.41, 5.74) is 1.80. The van der Waals surface area contributed by atoms with Crippen molar-refractivity contribution in [2.75, 3.05) is 45.9 Å². The minimum Gasteiger partial charge on any atom is -0.393 e. The number of hydrogen-bond acceptors (Lipinski definition) is 5. The molecule has 2 aromatic rings. The van der Waals surface area contributed by atoms with Crippen molar-refractivity contribution in [2.24, 2.45) is 0 Å². The minimum absolute atomic E-state index is 0.0220. The standard InChI is InChI=1S/C14H20BrNO.C9H8BrFO.C6H13NO.3C2H6.CH3Br.CH3Cl/c1-10(2)16(4)9-14(11(3)17)12-5-7-13(15)8-6-12;1-6(12)4-7-2-3-8(10)9(11)5-7;1-7-4-2-6(8)3-5-7;5*1-2/h5-8,10,14H,9H2,1-4H3;2-3,5H,4H2,1H3;6,8H,2-5H2,1H3;3*1-2H3;2*1H3. The lowest BCUT2D eigenvalue weighted by Gasteiger charge is -2.25. The fraction of sp³-hybridized carbons (Fsp3) is 0.622. The molecule has 1 aliphatic heterocycles. The highest BCUT2D eigenvalue weighted by Gasteiger charge is 2.19. The van der Waals surface area contributed by atoms with Crippen LogP contribution in [0.5, 0.6) is 0 Å². The van der Waals surface area contributed by atoms with Crippen LogP contribution in [0.25, 0.3) is 0 Å². The molecule has 0 spiro atoms. The second kappa shape index (κ2) is 38.1. The maximum atomic E-state index is 12.9. The lowest BCUT2D eigenvalue weighted by molar-refractivity contribution is -0.119. The van der Waals surface area contributed by atoms with Gasteiger partial charge in [0.2, 0.25) is 0 Å². The van der Waals surface area contributed by atoms with Crippen LogP contribution >= 0.6 is 59.4 Å². The molecule has 1 unspecified atom stereocenters. The van der Waals surface area contributed by atoms with E-state index in [2.05, 4.69) is 97.1 Å². The van der Waals surface area contributed by atoms with Gasteiger partial charge in [-0.05, 0) is 112 Å². The summed E-state index contributed by atoms with van der Waals surface area (Å²) in [5.74, 6) is 1.72. The molecule has 1 fully saturated rings. The molecule has 10 heteroatoms. The average molecular weight is 880 g/mol. The molecule has 1 N–H and O–H groups in total. The quantitative estimate of drug-likeness (QED) is 0.281. The van der Waals surface area contributed by atoms with Crippen LogP contribution < -0.4 is 0 Å². The van der Waals surface area contributed by atoms with Crippen molar-refractivity contribution in [3.8, 4) is 0 Å². The first-order chi connectivity index (χ1) is 22.3. The normalized spacial score (nSPS) is 12.4. The van der Waals surface area contributed by atoms with E-state index >= 15 is 0 Å². The van der Waals surface area contributed by atoms with Crippen LogP contribution in [0.1, 0.15) is 99.1 Å². The summed E-state index contributed by atoms with van der Waals surface area (Å²) in [4.78, 5) is 26.9. The topological polar surface area (TPSA) is 60.9 Å². The number of piperidine rings is 1. The van der Waals surface area contributed by atoms with Gasteiger partial charge in [-0.25, -0.2) is 4.39 Å². The Labute approximate surface area is 318 Å². The van der Waals surface area contributed by atoms with E-state index in [-0.39, 0.29) is 29.4 Å². The summed E-state index contributed by atoms with van der Waals surface area (Å²) in [6.45, 7) is 22.3. The van der Waals surface area contributed by atoms with Crippen molar-refractivity contribution < 1.29 is 19.1 Å². The van der Waals surface area contributed by atoms with Crippen LogP contribution in [0.2, 0.25) is 0 Å². The van der Waals surface area contributed by atoms with Crippen molar-refractivity contribution in [1.29, 1.82) is 0 Å². The Hall–Kier alpha value is -0.680. The highest BCUT2D eigenvalue weighted by atomic mass is 79.9. The van der Waals surface area contributed by atoms with Crippen molar-refractivity contribution >= 4 is 71.0 Å². The molecule has 5 nitrogen and oxygen atoms in total. The van der Waals surface area contributed by atoms with Crippen LogP contribution in [0.15, 0.2) is 51.4 Å². The van der Waals surface area contributed by atoms with Crippen molar-refractivity contribution in [2.45, 2.75) is 107 Å². The number of aliphatic hydroxyl groups excluding tert-OH is 1. The van der Waals surface area contributed by atoms with E-state index in [0.29, 0.717) is 22.5 Å². The smallest absolute Gasteiger partial charge is 0.138 e. The second-order valence-corrected chi connectivity index (χ2v) is 11.7. The summed E-state index contributed by atoms with van der Waals surface area (Å²) in [7, 11) is 4.14. The van der Waals surface area contributed by atoms with Crippen LogP contribution in [-0.4, -0.2) is 84.6 Å². The highest BCUT2D eigenvalue weighted by molar-refractivity contribution is 9.10. The number of ketones is 2. The summed E-state index contributed by atoms with van der Waals surface area (Å²) in [5, 5.41) is 9.00. The van der Waals surface area contributed by atoms with E-state index < -0.39 is 0 Å². The maximum Gasteiger partial charge on any atom is 0.138 e. The van der Waals surface area contributed by atoms with E-state index in [0.717, 1.165) is 42.5 Å². The molecule has 0 saturated carbocycles. The molecule has 1 aliphatic rings. The number of likely N-dealkylation sites (tertiary alicyclic amines) is 1. The number of aliphatic hydroxyl groups is 1. The summed E-state index contributed by atoms with van der Waals surface area (Å²) >= 11 is 14.0. The number of carbonyl (C=O) groups excluding carboxylic acids is 2. The molecule has 0 bridgehead atoms. The van der Waals surface area contributed by atoms with E-state index in [1.807, 2.05) is 71.6 Å². The summed E-state index contributed by atoms with van der Waals surface area (Å²) in [6.07, 6.45) is 3.66. The van der Waals surface area contributed by atoms with Gasteiger partial charge in [0.15, 0.2) is 0 Å². The van der Waals surface area contributed by atoms with Gasteiger partial charge in [0.25, 0.3) is 0 Å². The van der Waals surface area contributed by atoms with Gasteiger partial charge in [-0.15, -0.1) is 11.6 Å². The molecule has 47 heavy (non-hydrogen) atoms. The Kier molecular flexibility index (Phi) is 45.2. The number of rotatable bonds is 7. The third-order valence-corrected chi connectivity index (χ3v) is 7.41. The predicted octanol–water partition coefficient (Wildman–Crippen LogP) is 11.2. The third-order valence-electron chi connectivity index (χ3n) is 6.24. The highest BCUT2D eigenvalue weighted by Crippen LogP contribution is 2.21. The first kappa shape index (κ1) is 55.7. The van der Waals surface area contributed by atoms with Crippen LogP contribution in [0.4, 0.5) is 4.39 Å². The molecule has 1 atom stereocenters. The van der Waals surface area contributed by atoms with Gasteiger partial charge in [-0.2, -0.15) is 0 Å². The molecule has 2 aromatic carbocycles. The van der Waals surface area contributed by atoms with E-state index in [4.69, 9.17) is 5.11 Å². The molecular weight excluding hydrogens is 815 g/mol.